The summed E-state index contributed by atoms with van der Waals surface area (Å²) >= 11 is 6.18. The molecule has 1 saturated heterocycles. The topological polar surface area (TPSA) is 113 Å². The lowest BCUT2D eigenvalue weighted by molar-refractivity contribution is -0.160. The van der Waals surface area contributed by atoms with Crippen LogP contribution in [0, 0.1) is 0 Å². The van der Waals surface area contributed by atoms with E-state index >= 15 is 0 Å². The molecule has 2 aliphatic heterocycles. The molecule has 9 nitrogen and oxygen atoms in total. The van der Waals surface area contributed by atoms with E-state index in [2.05, 4.69) is 4.90 Å². The highest BCUT2D eigenvalue weighted by Gasteiger charge is 2.48. The summed E-state index contributed by atoms with van der Waals surface area (Å²) in [7, 11) is 1.35. The summed E-state index contributed by atoms with van der Waals surface area (Å²) in [6.07, 6.45) is 1.03. The summed E-state index contributed by atoms with van der Waals surface area (Å²) in [5.74, 6) is -0.463. The fraction of sp³-hybridized carbons (Fsp3) is 0.500. The number of benzene rings is 2. The van der Waals surface area contributed by atoms with E-state index in [1.165, 1.54) is 7.11 Å². The van der Waals surface area contributed by atoms with E-state index in [0.717, 1.165) is 30.5 Å². The van der Waals surface area contributed by atoms with Crippen LogP contribution in [0.1, 0.15) is 37.8 Å². The van der Waals surface area contributed by atoms with Crippen molar-refractivity contribution in [3.8, 4) is 0 Å². The number of halogens is 1. The van der Waals surface area contributed by atoms with Crippen molar-refractivity contribution in [1.82, 2.24) is 4.90 Å². The molecule has 2 heterocycles. The van der Waals surface area contributed by atoms with Gasteiger partial charge in [0.1, 0.15) is 18.8 Å². The Kier molecular flexibility index (Phi) is 10.2. The number of rotatable bonds is 12. The maximum absolute atomic E-state index is 13.0. The van der Waals surface area contributed by atoms with Crippen LogP contribution in [0.4, 0.5) is 0 Å². The molecule has 0 aromatic heterocycles. The van der Waals surface area contributed by atoms with Gasteiger partial charge in [-0.15, -0.1) is 0 Å². The summed E-state index contributed by atoms with van der Waals surface area (Å²) in [5, 5.41) is 0.582. The number of nitrogens with zero attached hydrogens (tertiary/aromatic N) is 2. The third kappa shape index (κ3) is 7.40. The molecule has 216 valence electrons. The normalized spacial score (nSPS) is 23.1. The van der Waals surface area contributed by atoms with Crippen molar-refractivity contribution in [3.63, 3.8) is 0 Å². The van der Waals surface area contributed by atoms with Gasteiger partial charge in [0.2, 0.25) is 5.90 Å². The lowest BCUT2D eigenvalue weighted by Gasteiger charge is -2.31. The van der Waals surface area contributed by atoms with Gasteiger partial charge in [-0.2, -0.15) is 0 Å². The van der Waals surface area contributed by atoms with Crippen molar-refractivity contribution < 1.29 is 28.5 Å². The number of carbonyl (C=O) groups is 2. The van der Waals surface area contributed by atoms with Crippen LogP contribution in [0.2, 0.25) is 5.02 Å². The number of likely N-dealkylation sites (tertiary alicyclic amines) is 1. The van der Waals surface area contributed by atoms with Crippen LogP contribution in [0.3, 0.4) is 0 Å². The minimum Gasteiger partial charge on any atom is -0.477 e. The summed E-state index contributed by atoms with van der Waals surface area (Å²) in [4.78, 5) is 32.5. The monoisotopic (exact) mass is 571 g/mol. The molecule has 2 N–H and O–H groups in total. The summed E-state index contributed by atoms with van der Waals surface area (Å²) in [6.45, 7) is 5.11. The summed E-state index contributed by atoms with van der Waals surface area (Å²) in [6, 6.07) is 16.2. The van der Waals surface area contributed by atoms with Gasteiger partial charge in [0.25, 0.3) is 0 Å². The minimum absolute atomic E-state index is 0.0750. The Balaban J connectivity index is 1.51. The third-order valence-electron chi connectivity index (χ3n) is 7.32. The van der Waals surface area contributed by atoms with Gasteiger partial charge in [0.05, 0.1) is 25.9 Å². The highest BCUT2D eigenvalue weighted by Crippen LogP contribution is 2.31. The number of methoxy groups -OCH3 is 1. The second-order valence-electron chi connectivity index (χ2n) is 10.5. The molecule has 2 aromatic rings. The first kappa shape index (κ1) is 30.0. The van der Waals surface area contributed by atoms with Crippen molar-refractivity contribution in [2.45, 2.75) is 69.5 Å². The molecule has 0 aliphatic carbocycles. The number of aliphatic imine (C=N–C) groups is 1. The zero-order chi connectivity index (χ0) is 28.7. The molecule has 4 unspecified atom stereocenters. The average molecular weight is 572 g/mol. The number of esters is 2. The molecule has 0 saturated carbocycles. The van der Waals surface area contributed by atoms with E-state index in [1.54, 1.807) is 13.0 Å². The second-order valence-corrected chi connectivity index (χ2v) is 10.9. The van der Waals surface area contributed by atoms with Gasteiger partial charge < -0.3 is 24.7 Å². The Morgan fingerprint density at radius 2 is 1.93 bits per heavy atom. The van der Waals surface area contributed by atoms with E-state index < -0.39 is 35.7 Å². The van der Waals surface area contributed by atoms with Crippen LogP contribution in [0.15, 0.2) is 59.6 Å². The van der Waals surface area contributed by atoms with Crippen molar-refractivity contribution in [2.24, 2.45) is 10.7 Å². The van der Waals surface area contributed by atoms with Crippen molar-refractivity contribution in [2.75, 3.05) is 26.8 Å². The van der Waals surface area contributed by atoms with Crippen LogP contribution in [0.5, 0.6) is 0 Å². The molecule has 40 heavy (non-hydrogen) atoms. The molecule has 1 fully saturated rings. The summed E-state index contributed by atoms with van der Waals surface area (Å²) in [5.41, 5.74) is 6.50. The Labute approximate surface area is 240 Å². The first-order chi connectivity index (χ1) is 19.2. The highest BCUT2D eigenvalue weighted by molar-refractivity contribution is 6.30. The zero-order valence-corrected chi connectivity index (χ0v) is 24.0. The fourth-order valence-electron chi connectivity index (χ4n) is 5.08. The number of hydrogen-bond donors (Lipinski definition) is 1. The number of ether oxygens (including phenoxy) is 4. The van der Waals surface area contributed by atoms with Gasteiger partial charge in [0.15, 0.2) is 5.54 Å². The molecule has 5 atom stereocenters. The van der Waals surface area contributed by atoms with E-state index in [4.69, 9.17) is 41.3 Å². The smallest absolute Gasteiger partial charge is 0.337 e. The van der Waals surface area contributed by atoms with Gasteiger partial charge in [-0.05, 0) is 56.5 Å². The lowest BCUT2D eigenvalue weighted by Crippen LogP contribution is -2.47. The molecule has 0 bridgehead atoms. The average Bonchev–Trinajstić information content (AvgIpc) is 3.59. The van der Waals surface area contributed by atoms with Gasteiger partial charge in [-0.3, -0.25) is 9.69 Å². The Morgan fingerprint density at radius 3 is 2.62 bits per heavy atom. The molecule has 0 spiro atoms. The van der Waals surface area contributed by atoms with E-state index in [-0.39, 0.29) is 12.6 Å². The predicted octanol–water partition coefficient (Wildman–Crippen LogP) is 3.55. The summed E-state index contributed by atoms with van der Waals surface area (Å²) < 4.78 is 23.2. The number of nitrogens with two attached hydrogens (primary N) is 1. The molecule has 0 amide bonds. The van der Waals surface area contributed by atoms with Crippen molar-refractivity contribution in [3.05, 3.63) is 70.7 Å². The van der Waals surface area contributed by atoms with Crippen molar-refractivity contribution in [1.29, 1.82) is 0 Å². The number of hydrogen-bond acceptors (Lipinski definition) is 9. The minimum atomic E-state index is -1.20. The second kappa shape index (κ2) is 13.6. The van der Waals surface area contributed by atoms with Gasteiger partial charge >= 0.3 is 11.9 Å². The molecule has 0 radical (unpaired) electrons. The standard InChI is InChI=1S/C30H38ClN3O6/c1-20(32)28(35)40-26(21(2)38-18-22-9-5-4-6-10-22)17-34-14-8-13-25(34)27-33-30(19-39-27,29(36)37-3)16-23-11-7-12-24(31)15-23/h4-7,9-12,15,20-21,25-26H,8,13-14,16-19,32H2,1-3H3/t20?,21?,25?,26?,30-/m1/s1. The van der Waals surface area contributed by atoms with Gasteiger partial charge in [0, 0.05) is 18.0 Å². The zero-order valence-electron chi connectivity index (χ0n) is 23.3. The first-order valence-corrected chi connectivity index (χ1v) is 14.0. The molecule has 4 rings (SSSR count). The van der Waals surface area contributed by atoms with Crippen molar-refractivity contribution >= 4 is 29.4 Å². The van der Waals surface area contributed by atoms with Gasteiger partial charge in [-0.25, -0.2) is 9.79 Å². The Hall–Kier alpha value is -2.98. The molecular weight excluding hydrogens is 534 g/mol. The molecule has 10 heteroatoms. The SMILES string of the molecule is COC(=O)[C@@]1(Cc2cccc(Cl)c2)COC(C2CCCN2CC(OC(=O)C(C)N)C(C)OCc2ccccc2)=N1. The predicted molar refractivity (Wildman–Crippen MR) is 152 cm³/mol. The highest BCUT2D eigenvalue weighted by atomic mass is 35.5. The first-order valence-electron chi connectivity index (χ1n) is 13.6. The Morgan fingerprint density at radius 1 is 1.18 bits per heavy atom. The molecular formula is C30H38ClN3O6. The van der Waals surface area contributed by atoms with Crippen LogP contribution in [-0.4, -0.2) is 79.4 Å². The van der Waals surface area contributed by atoms with Crippen LogP contribution in [0.25, 0.3) is 0 Å². The largest absolute Gasteiger partial charge is 0.477 e. The Bertz CT molecular complexity index is 1190. The lowest BCUT2D eigenvalue weighted by atomic mass is 9.92. The molecule has 2 aliphatic rings. The maximum Gasteiger partial charge on any atom is 0.337 e. The van der Waals surface area contributed by atoms with Crippen LogP contribution >= 0.6 is 11.6 Å². The number of carbonyl (C=O) groups excluding carboxylic acids is 2. The van der Waals surface area contributed by atoms with E-state index in [0.29, 0.717) is 30.5 Å². The van der Waals surface area contributed by atoms with Crippen LogP contribution < -0.4 is 5.73 Å². The maximum atomic E-state index is 13.0. The quantitative estimate of drug-likeness (QED) is 0.385. The van der Waals surface area contributed by atoms with Crippen LogP contribution in [-0.2, 0) is 41.6 Å². The third-order valence-corrected chi connectivity index (χ3v) is 7.55. The van der Waals surface area contributed by atoms with E-state index in [1.807, 2.05) is 55.5 Å². The molecule has 2 aromatic carbocycles. The fourth-order valence-corrected chi connectivity index (χ4v) is 5.30. The van der Waals surface area contributed by atoms with Gasteiger partial charge in [-0.1, -0.05) is 54.1 Å². The van der Waals surface area contributed by atoms with E-state index in [9.17, 15) is 9.59 Å².